The number of rotatable bonds is 2. The van der Waals surface area contributed by atoms with Gasteiger partial charge in [-0.15, -0.1) is 0 Å². The molecule has 0 aliphatic rings. The van der Waals surface area contributed by atoms with Crippen molar-refractivity contribution >= 4 is 39.8 Å². The zero-order valence-corrected chi connectivity index (χ0v) is 12.0. The third-order valence-corrected chi connectivity index (χ3v) is 4.15. The van der Waals surface area contributed by atoms with E-state index in [1.165, 1.54) is 16.8 Å². The molecule has 0 unspecified atom stereocenters. The molecule has 0 atom stereocenters. The Morgan fingerprint density at radius 2 is 2.29 bits per heavy atom. The summed E-state index contributed by atoms with van der Waals surface area (Å²) >= 11 is 7.86. The summed E-state index contributed by atoms with van der Waals surface area (Å²) in [6, 6.07) is 0. The molecule has 2 heterocycles. The molecular formula is C11H10ClIN2O2. The Morgan fingerprint density at radius 1 is 1.59 bits per heavy atom. The van der Waals surface area contributed by atoms with Gasteiger partial charge in [-0.05, 0) is 29.0 Å². The predicted molar refractivity (Wildman–Crippen MR) is 74.8 cm³/mol. The van der Waals surface area contributed by atoms with Crippen LogP contribution in [0.5, 0.6) is 5.75 Å². The zero-order chi connectivity index (χ0) is 12.6. The van der Waals surface area contributed by atoms with Gasteiger partial charge in [0.2, 0.25) is 0 Å². The molecular weight excluding hydrogens is 354 g/mol. The Kier molecular flexibility index (Phi) is 3.58. The highest BCUT2D eigenvalue weighted by Crippen LogP contribution is 2.29. The molecule has 0 bridgehead atoms. The number of fused-ring (bicyclic) bond motifs is 1. The number of aromatic hydroxyl groups is 1. The Bertz CT molecular complexity index is 639. The minimum atomic E-state index is -0.176. The lowest BCUT2D eigenvalue weighted by Crippen LogP contribution is -2.19. The molecule has 6 heteroatoms. The van der Waals surface area contributed by atoms with Crippen molar-refractivity contribution in [3.8, 4) is 5.75 Å². The molecule has 17 heavy (non-hydrogen) atoms. The Labute approximate surface area is 116 Å². The van der Waals surface area contributed by atoms with Crippen LogP contribution in [-0.2, 0) is 6.42 Å². The average Bonchev–Trinajstić information content (AvgIpc) is 2.31. The van der Waals surface area contributed by atoms with Crippen molar-refractivity contribution in [1.29, 1.82) is 0 Å². The zero-order valence-electron chi connectivity index (χ0n) is 9.07. The standard InChI is InChI=1S/C11H10ClIN2O2/c1-2-3-6-4-14-10-9(16)8(13)7(12)5-15(10)11(6)17/h4-5,16H,2-3H2,1H3. The fraction of sp³-hybridized carbons (Fsp3) is 0.273. The van der Waals surface area contributed by atoms with Gasteiger partial charge in [0.1, 0.15) is 0 Å². The largest absolute Gasteiger partial charge is 0.503 e. The van der Waals surface area contributed by atoms with Gasteiger partial charge < -0.3 is 5.11 Å². The molecule has 0 aliphatic heterocycles. The Morgan fingerprint density at radius 3 is 2.94 bits per heavy atom. The minimum absolute atomic E-state index is 0.0572. The van der Waals surface area contributed by atoms with Crippen molar-refractivity contribution in [3.63, 3.8) is 0 Å². The maximum absolute atomic E-state index is 12.1. The van der Waals surface area contributed by atoms with Crippen LogP contribution >= 0.6 is 34.2 Å². The molecule has 1 N–H and O–H groups in total. The highest BCUT2D eigenvalue weighted by atomic mass is 127. The van der Waals surface area contributed by atoms with Crippen molar-refractivity contribution in [1.82, 2.24) is 9.38 Å². The Hall–Kier alpha value is -0.820. The highest BCUT2D eigenvalue weighted by Gasteiger charge is 2.13. The van der Waals surface area contributed by atoms with Gasteiger partial charge in [0.05, 0.1) is 8.59 Å². The van der Waals surface area contributed by atoms with E-state index in [-0.39, 0.29) is 17.0 Å². The summed E-state index contributed by atoms with van der Waals surface area (Å²) in [5.74, 6) is -0.0572. The molecule has 0 saturated carbocycles. The summed E-state index contributed by atoms with van der Waals surface area (Å²) in [5.41, 5.74) is 0.691. The normalized spacial score (nSPS) is 11.0. The van der Waals surface area contributed by atoms with Crippen LogP contribution in [0.25, 0.3) is 5.65 Å². The fourth-order valence-corrected chi connectivity index (χ4v) is 2.19. The van der Waals surface area contributed by atoms with E-state index >= 15 is 0 Å². The summed E-state index contributed by atoms with van der Waals surface area (Å²) in [6.07, 6.45) is 4.55. The SMILES string of the molecule is CCCc1cnc2c(O)c(I)c(Cl)cn2c1=O. The lowest BCUT2D eigenvalue weighted by atomic mass is 10.2. The van der Waals surface area contributed by atoms with E-state index in [0.29, 0.717) is 20.6 Å². The van der Waals surface area contributed by atoms with Gasteiger partial charge in [-0.1, -0.05) is 24.9 Å². The first kappa shape index (κ1) is 12.6. The van der Waals surface area contributed by atoms with Crippen LogP contribution in [0.1, 0.15) is 18.9 Å². The Balaban J connectivity index is 2.83. The number of halogens is 2. The molecule has 0 radical (unpaired) electrons. The third-order valence-electron chi connectivity index (χ3n) is 2.46. The molecule has 0 spiro atoms. The first-order valence-corrected chi connectivity index (χ1v) is 6.59. The molecule has 0 aliphatic carbocycles. The quantitative estimate of drug-likeness (QED) is 0.834. The molecule has 2 rings (SSSR count). The smallest absolute Gasteiger partial charge is 0.261 e. The number of hydrogen-bond acceptors (Lipinski definition) is 3. The second kappa shape index (κ2) is 4.81. The van der Waals surface area contributed by atoms with E-state index in [1.807, 2.05) is 29.5 Å². The van der Waals surface area contributed by atoms with Gasteiger partial charge in [0.25, 0.3) is 5.56 Å². The second-order valence-electron chi connectivity index (χ2n) is 3.67. The van der Waals surface area contributed by atoms with E-state index in [9.17, 15) is 9.90 Å². The van der Waals surface area contributed by atoms with Gasteiger partial charge in [0, 0.05) is 18.0 Å². The van der Waals surface area contributed by atoms with Crippen molar-refractivity contribution < 1.29 is 5.11 Å². The molecule has 2 aromatic heterocycles. The van der Waals surface area contributed by atoms with Crippen molar-refractivity contribution in [3.05, 3.63) is 36.9 Å². The van der Waals surface area contributed by atoms with Crippen LogP contribution in [0, 0.1) is 3.57 Å². The van der Waals surface area contributed by atoms with E-state index in [1.54, 1.807) is 0 Å². The van der Waals surface area contributed by atoms with Crippen molar-refractivity contribution in [2.75, 3.05) is 0 Å². The van der Waals surface area contributed by atoms with E-state index in [4.69, 9.17) is 11.6 Å². The van der Waals surface area contributed by atoms with Crippen molar-refractivity contribution in [2.24, 2.45) is 0 Å². The van der Waals surface area contributed by atoms with Gasteiger partial charge in [0.15, 0.2) is 11.4 Å². The van der Waals surface area contributed by atoms with Crippen LogP contribution in [0.3, 0.4) is 0 Å². The predicted octanol–water partition coefficient (Wildman–Crippen LogP) is 2.61. The van der Waals surface area contributed by atoms with Gasteiger partial charge in [-0.3, -0.25) is 9.20 Å². The molecule has 4 nitrogen and oxygen atoms in total. The summed E-state index contributed by atoms with van der Waals surface area (Å²) in [7, 11) is 0. The molecule has 0 aromatic carbocycles. The first-order chi connectivity index (χ1) is 8.06. The molecule has 2 aromatic rings. The topological polar surface area (TPSA) is 54.6 Å². The summed E-state index contributed by atoms with van der Waals surface area (Å²) < 4.78 is 1.80. The number of nitrogens with zero attached hydrogens (tertiary/aromatic N) is 2. The molecule has 0 amide bonds. The lowest BCUT2D eigenvalue weighted by molar-refractivity contribution is 0.473. The van der Waals surface area contributed by atoms with Crippen LogP contribution in [0.15, 0.2) is 17.2 Å². The van der Waals surface area contributed by atoms with Crippen LogP contribution in [0.2, 0.25) is 5.02 Å². The van der Waals surface area contributed by atoms with E-state index < -0.39 is 0 Å². The van der Waals surface area contributed by atoms with E-state index in [2.05, 4.69) is 4.98 Å². The maximum Gasteiger partial charge on any atom is 0.261 e. The number of aromatic nitrogens is 2. The van der Waals surface area contributed by atoms with Gasteiger partial charge in [-0.2, -0.15) is 0 Å². The van der Waals surface area contributed by atoms with Gasteiger partial charge >= 0.3 is 0 Å². The number of hydrogen-bond donors (Lipinski definition) is 1. The van der Waals surface area contributed by atoms with Crippen molar-refractivity contribution in [2.45, 2.75) is 19.8 Å². The van der Waals surface area contributed by atoms with Crippen LogP contribution < -0.4 is 5.56 Å². The van der Waals surface area contributed by atoms with E-state index in [0.717, 1.165) is 6.42 Å². The first-order valence-electron chi connectivity index (χ1n) is 5.13. The highest BCUT2D eigenvalue weighted by molar-refractivity contribution is 14.1. The maximum atomic E-state index is 12.1. The lowest BCUT2D eigenvalue weighted by Gasteiger charge is -2.07. The third kappa shape index (κ3) is 2.13. The second-order valence-corrected chi connectivity index (χ2v) is 5.16. The summed E-state index contributed by atoms with van der Waals surface area (Å²) in [5, 5.41) is 10.2. The summed E-state index contributed by atoms with van der Waals surface area (Å²) in [6.45, 7) is 1.99. The van der Waals surface area contributed by atoms with Crippen LogP contribution in [0.4, 0.5) is 0 Å². The number of pyridine rings is 1. The number of aryl methyl sites for hydroxylation is 1. The fourth-order valence-electron chi connectivity index (χ4n) is 1.62. The summed E-state index contributed by atoms with van der Waals surface area (Å²) in [4.78, 5) is 16.2. The van der Waals surface area contributed by atoms with Crippen LogP contribution in [-0.4, -0.2) is 14.5 Å². The van der Waals surface area contributed by atoms with Gasteiger partial charge in [-0.25, -0.2) is 4.98 Å². The monoisotopic (exact) mass is 364 g/mol. The molecule has 0 fully saturated rings. The molecule has 0 saturated heterocycles. The molecule has 90 valence electrons. The minimum Gasteiger partial charge on any atom is -0.503 e. The average molecular weight is 365 g/mol.